The standard InChI is InChI=1S/C30H46N2O4S/c1-20(2)25-17-26(21(3)4)29(27(18-25)22(5)6)37(34)31-28(23(7)30(33)32(8)35-9)15-16-36-19-24-13-11-10-12-14-24/h10-14,17-18,20-23,28,31H,15-16,19H2,1-9H3/t23-,28-,37-/m1/s1. The van der Waals surface area contributed by atoms with Crippen LogP contribution in [0.25, 0.3) is 0 Å². The lowest BCUT2D eigenvalue weighted by Gasteiger charge is -2.28. The highest BCUT2D eigenvalue weighted by atomic mass is 32.2. The lowest BCUT2D eigenvalue weighted by Crippen LogP contribution is -2.45. The van der Waals surface area contributed by atoms with E-state index < -0.39 is 16.9 Å². The van der Waals surface area contributed by atoms with Gasteiger partial charge < -0.3 is 4.74 Å². The Morgan fingerprint density at radius 3 is 2.00 bits per heavy atom. The van der Waals surface area contributed by atoms with Crippen molar-refractivity contribution in [2.24, 2.45) is 5.92 Å². The normalized spacial score (nSPS) is 14.3. The van der Waals surface area contributed by atoms with Crippen LogP contribution in [0.4, 0.5) is 0 Å². The van der Waals surface area contributed by atoms with Gasteiger partial charge in [0.05, 0.1) is 24.5 Å². The minimum absolute atomic E-state index is 0.177. The van der Waals surface area contributed by atoms with Crippen LogP contribution in [0.5, 0.6) is 0 Å². The second-order valence-corrected chi connectivity index (χ2v) is 11.8. The van der Waals surface area contributed by atoms with Crippen molar-refractivity contribution < 1.29 is 18.6 Å². The Balaban J connectivity index is 2.34. The van der Waals surface area contributed by atoms with Crippen molar-refractivity contribution >= 4 is 16.9 Å². The molecule has 206 valence electrons. The number of nitrogens with zero attached hydrogens (tertiary/aromatic N) is 1. The Morgan fingerprint density at radius 1 is 0.946 bits per heavy atom. The van der Waals surface area contributed by atoms with Gasteiger partial charge in [-0.3, -0.25) is 9.63 Å². The van der Waals surface area contributed by atoms with Crippen LogP contribution in [0.2, 0.25) is 0 Å². The van der Waals surface area contributed by atoms with E-state index in [2.05, 4.69) is 58.4 Å². The zero-order valence-electron chi connectivity index (χ0n) is 24.0. The van der Waals surface area contributed by atoms with Gasteiger partial charge in [-0.15, -0.1) is 0 Å². The van der Waals surface area contributed by atoms with Gasteiger partial charge in [0, 0.05) is 19.7 Å². The first-order valence-electron chi connectivity index (χ1n) is 13.3. The fourth-order valence-electron chi connectivity index (χ4n) is 4.23. The van der Waals surface area contributed by atoms with E-state index in [0.29, 0.717) is 25.6 Å². The van der Waals surface area contributed by atoms with Gasteiger partial charge in [0.1, 0.15) is 11.0 Å². The molecule has 0 heterocycles. The molecule has 6 nitrogen and oxygen atoms in total. The van der Waals surface area contributed by atoms with E-state index in [0.717, 1.165) is 21.6 Å². The first-order chi connectivity index (χ1) is 17.5. The van der Waals surface area contributed by atoms with E-state index in [9.17, 15) is 9.00 Å². The maximum Gasteiger partial charge on any atom is 0.250 e. The smallest absolute Gasteiger partial charge is 0.250 e. The van der Waals surface area contributed by atoms with Crippen LogP contribution >= 0.6 is 0 Å². The third-order valence-corrected chi connectivity index (χ3v) is 8.14. The van der Waals surface area contributed by atoms with Crippen LogP contribution in [0.15, 0.2) is 47.4 Å². The highest BCUT2D eigenvalue weighted by molar-refractivity contribution is 7.83. The SMILES string of the molecule is CON(C)C(=O)[C@H](C)[C@@H](CCOCc1ccccc1)N[S@](=O)c1c(C(C)C)cc(C(C)C)cc1C(C)C. The van der Waals surface area contributed by atoms with Gasteiger partial charge in [-0.05, 0) is 46.4 Å². The minimum Gasteiger partial charge on any atom is -0.377 e. The fourth-order valence-corrected chi connectivity index (χ4v) is 5.97. The molecule has 0 saturated carbocycles. The molecule has 0 radical (unpaired) electrons. The predicted molar refractivity (Wildman–Crippen MR) is 152 cm³/mol. The number of benzene rings is 2. The van der Waals surface area contributed by atoms with E-state index >= 15 is 0 Å². The number of hydrogen-bond acceptors (Lipinski definition) is 4. The molecule has 0 unspecified atom stereocenters. The monoisotopic (exact) mass is 530 g/mol. The molecule has 0 spiro atoms. The maximum atomic E-state index is 14.0. The summed E-state index contributed by atoms with van der Waals surface area (Å²) in [7, 11) is 1.55. The summed E-state index contributed by atoms with van der Waals surface area (Å²) in [6, 6.07) is 14.0. The summed E-state index contributed by atoms with van der Waals surface area (Å²) >= 11 is 0. The Kier molecular flexibility index (Phi) is 12.4. The number of nitrogens with one attached hydrogen (secondary N) is 1. The molecule has 0 aliphatic heterocycles. The van der Waals surface area contributed by atoms with E-state index in [4.69, 9.17) is 9.57 Å². The molecule has 0 fully saturated rings. The number of hydrogen-bond donors (Lipinski definition) is 1. The first kappa shape index (κ1) is 31.2. The molecule has 2 aromatic carbocycles. The van der Waals surface area contributed by atoms with Crippen molar-refractivity contribution in [3.05, 3.63) is 64.7 Å². The van der Waals surface area contributed by atoms with E-state index in [1.807, 2.05) is 37.3 Å². The highest BCUT2D eigenvalue weighted by Gasteiger charge is 2.30. The number of hydroxylamine groups is 2. The summed E-state index contributed by atoms with van der Waals surface area (Å²) in [5.74, 6) is 0.159. The zero-order valence-corrected chi connectivity index (χ0v) is 24.9. The number of carbonyl (C=O) groups excluding carboxylic acids is 1. The van der Waals surface area contributed by atoms with E-state index in [1.54, 1.807) is 7.05 Å². The zero-order chi connectivity index (χ0) is 27.7. The van der Waals surface area contributed by atoms with Gasteiger partial charge in [-0.1, -0.05) is 90.9 Å². The Labute approximate surface area is 226 Å². The van der Waals surface area contributed by atoms with Gasteiger partial charge in [0.15, 0.2) is 0 Å². The maximum absolute atomic E-state index is 14.0. The molecular formula is C30H46N2O4S. The second-order valence-electron chi connectivity index (χ2n) is 10.6. The topological polar surface area (TPSA) is 67.9 Å². The molecule has 0 aromatic heterocycles. The van der Waals surface area contributed by atoms with Gasteiger partial charge in [0.25, 0.3) is 0 Å². The summed E-state index contributed by atoms with van der Waals surface area (Å²) in [5, 5.41) is 1.23. The molecule has 0 bridgehead atoms. The summed E-state index contributed by atoms with van der Waals surface area (Å²) in [6.45, 7) is 15.7. The van der Waals surface area contributed by atoms with Crippen LogP contribution in [0, 0.1) is 5.92 Å². The molecule has 0 saturated heterocycles. The number of rotatable bonds is 14. The van der Waals surface area contributed by atoms with E-state index in [1.165, 1.54) is 17.7 Å². The van der Waals surface area contributed by atoms with Crippen molar-refractivity contribution in [2.45, 2.75) is 90.2 Å². The molecule has 1 N–H and O–H groups in total. The Morgan fingerprint density at radius 2 is 1.51 bits per heavy atom. The molecular weight excluding hydrogens is 484 g/mol. The summed E-state index contributed by atoms with van der Waals surface area (Å²) < 4.78 is 23.3. The molecule has 7 heteroatoms. The van der Waals surface area contributed by atoms with Crippen molar-refractivity contribution in [1.29, 1.82) is 0 Å². The van der Waals surface area contributed by atoms with Gasteiger partial charge in [0.2, 0.25) is 5.91 Å². The van der Waals surface area contributed by atoms with Crippen LogP contribution in [-0.4, -0.2) is 42.0 Å². The third-order valence-electron chi connectivity index (χ3n) is 6.79. The summed E-state index contributed by atoms with van der Waals surface area (Å²) in [4.78, 5) is 19.0. The second kappa shape index (κ2) is 14.8. The number of ether oxygens (including phenoxy) is 1. The third kappa shape index (κ3) is 8.74. The molecule has 3 atom stereocenters. The highest BCUT2D eigenvalue weighted by Crippen LogP contribution is 2.34. The minimum atomic E-state index is -1.51. The quantitative estimate of drug-likeness (QED) is 0.230. The van der Waals surface area contributed by atoms with Gasteiger partial charge >= 0.3 is 0 Å². The molecule has 0 aliphatic carbocycles. The molecule has 0 aliphatic rings. The van der Waals surface area contributed by atoms with Crippen LogP contribution in [0.1, 0.15) is 94.9 Å². The Bertz CT molecular complexity index is 994. The first-order valence-corrected chi connectivity index (χ1v) is 14.4. The summed E-state index contributed by atoms with van der Waals surface area (Å²) in [5.41, 5.74) is 4.53. The fraction of sp³-hybridized carbons (Fsp3) is 0.567. The average molecular weight is 531 g/mol. The van der Waals surface area contributed by atoms with Crippen molar-refractivity contribution in [1.82, 2.24) is 9.79 Å². The number of amides is 1. The molecule has 2 rings (SSSR count). The predicted octanol–water partition coefficient (Wildman–Crippen LogP) is 6.30. The average Bonchev–Trinajstić information content (AvgIpc) is 2.88. The van der Waals surface area contributed by atoms with E-state index in [-0.39, 0.29) is 23.8 Å². The lowest BCUT2D eigenvalue weighted by molar-refractivity contribution is -0.173. The van der Waals surface area contributed by atoms with Gasteiger partial charge in [-0.25, -0.2) is 14.0 Å². The van der Waals surface area contributed by atoms with Crippen LogP contribution < -0.4 is 4.72 Å². The Hall–Kier alpha value is -2.06. The molecule has 2 aromatic rings. The largest absolute Gasteiger partial charge is 0.377 e. The lowest BCUT2D eigenvalue weighted by atomic mass is 9.89. The molecule has 37 heavy (non-hydrogen) atoms. The van der Waals surface area contributed by atoms with Crippen LogP contribution in [0.3, 0.4) is 0 Å². The van der Waals surface area contributed by atoms with Gasteiger partial charge in [-0.2, -0.15) is 0 Å². The molecule has 1 amide bonds. The van der Waals surface area contributed by atoms with Crippen molar-refractivity contribution in [3.63, 3.8) is 0 Å². The van der Waals surface area contributed by atoms with Crippen molar-refractivity contribution in [3.8, 4) is 0 Å². The number of carbonyl (C=O) groups is 1. The summed E-state index contributed by atoms with van der Waals surface area (Å²) in [6.07, 6.45) is 0.529. The van der Waals surface area contributed by atoms with Crippen LogP contribution in [-0.2, 0) is 32.0 Å². The van der Waals surface area contributed by atoms with Crippen molar-refractivity contribution in [2.75, 3.05) is 20.8 Å².